The molecule has 26 heavy (non-hydrogen) atoms. The summed E-state index contributed by atoms with van der Waals surface area (Å²) < 4.78 is 11.0. The van der Waals surface area contributed by atoms with Crippen LogP contribution in [0.3, 0.4) is 0 Å². The van der Waals surface area contributed by atoms with E-state index in [0.29, 0.717) is 23.8 Å². The van der Waals surface area contributed by atoms with Gasteiger partial charge in [-0.15, -0.1) is 0 Å². The number of hydrogen-bond donors (Lipinski definition) is 0. The van der Waals surface area contributed by atoms with Crippen LogP contribution >= 0.6 is 0 Å². The van der Waals surface area contributed by atoms with Gasteiger partial charge in [-0.3, -0.25) is 0 Å². The standard InChI is InChI=1S/C23H28O3/c1-3-16-25-21-12-14-22(15-13-21)26-23(24)20-10-8-19(9-11-20)18-6-4-17(2)5-7-18/h8-15,17-18H,3-7,16H2,1-2H3. The molecule has 138 valence electrons. The maximum absolute atomic E-state index is 12.3. The third-order valence-corrected chi connectivity index (χ3v) is 5.14. The Hall–Kier alpha value is -2.29. The molecule has 1 fully saturated rings. The zero-order valence-corrected chi connectivity index (χ0v) is 15.7. The van der Waals surface area contributed by atoms with Crippen LogP contribution in [0.15, 0.2) is 48.5 Å². The highest BCUT2D eigenvalue weighted by atomic mass is 16.5. The highest BCUT2D eigenvalue weighted by molar-refractivity contribution is 5.91. The van der Waals surface area contributed by atoms with Crippen molar-refractivity contribution in [2.75, 3.05) is 6.61 Å². The van der Waals surface area contributed by atoms with E-state index >= 15 is 0 Å². The maximum atomic E-state index is 12.3. The number of benzene rings is 2. The van der Waals surface area contributed by atoms with E-state index in [1.165, 1.54) is 31.2 Å². The number of carbonyl (C=O) groups excluding carboxylic acids is 1. The van der Waals surface area contributed by atoms with E-state index in [1.54, 1.807) is 12.1 Å². The van der Waals surface area contributed by atoms with Gasteiger partial charge in [-0.2, -0.15) is 0 Å². The molecule has 3 nitrogen and oxygen atoms in total. The van der Waals surface area contributed by atoms with Gasteiger partial charge in [0.2, 0.25) is 0 Å². The van der Waals surface area contributed by atoms with Gasteiger partial charge in [0.25, 0.3) is 0 Å². The van der Waals surface area contributed by atoms with Crippen LogP contribution in [-0.2, 0) is 0 Å². The summed E-state index contributed by atoms with van der Waals surface area (Å²) in [6.45, 7) is 5.08. The molecule has 0 aliphatic heterocycles. The van der Waals surface area contributed by atoms with E-state index < -0.39 is 0 Å². The Morgan fingerprint density at radius 2 is 1.54 bits per heavy atom. The smallest absolute Gasteiger partial charge is 0.343 e. The summed E-state index contributed by atoms with van der Waals surface area (Å²) in [7, 11) is 0. The fourth-order valence-corrected chi connectivity index (χ4v) is 3.47. The Bertz CT molecular complexity index is 695. The normalized spacial score (nSPS) is 19.8. The molecule has 0 heterocycles. The first-order chi connectivity index (χ1) is 12.7. The largest absolute Gasteiger partial charge is 0.494 e. The molecule has 3 rings (SSSR count). The fraction of sp³-hybridized carbons (Fsp3) is 0.435. The molecule has 3 heteroatoms. The van der Waals surface area contributed by atoms with Gasteiger partial charge in [0.15, 0.2) is 0 Å². The first kappa shape index (κ1) is 18.5. The zero-order valence-electron chi connectivity index (χ0n) is 15.7. The van der Waals surface area contributed by atoms with Crippen molar-refractivity contribution in [3.8, 4) is 11.5 Å². The van der Waals surface area contributed by atoms with E-state index in [-0.39, 0.29) is 5.97 Å². The molecule has 1 aliphatic carbocycles. The molecular formula is C23H28O3. The molecular weight excluding hydrogens is 324 g/mol. The second-order valence-corrected chi connectivity index (χ2v) is 7.29. The Morgan fingerprint density at radius 3 is 2.15 bits per heavy atom. The first-order valence-corrected chi connectivity index (χ1v) is 9.70. The molecule has 2 aromatic carbocycles. The maximum Gasteiger partial charge on any atom is 0.343 e. The molecule has 0 bridgehead atoms. The van der Waals surface area contributed by atoms with E-state index in [0.717, 1.165) is 18.1 Å². The van der Waals surface area contributed by atoms with Crippen LogP contribution in [0.5, 0.6) is 11.5 Å². The van der Waals surface area contributed by atoms with Gasteiger partial charge in [-0.25, -0.2) is 4.79 Å². The lowest BCUT2D eigenvalue weighted by atomic mass is 9.79. The average molecular weight is 352 g/mol. The van der Waals surface area contributed by atoms with E-state index in [2.05, 4.69) is 26.0 Å². The summed E-state index contributed by atoms with van der Waals surface area (Å²) in [5.41, 5.74) is 1.93. The van der Waals surface area contributed by atoms with Crippen LogP contribution in [0.25, 0.3) is 0 Å². The van der Waals surface area contributed by atoms with Crippen LogP contribution in [0, 0.1) is 5.92 Å². The minimum atomic E-state index is -0.323. The molecule has 0 spiro atoms. The number of ether oxygens (including phenoxy) is 2. The Morgan fingerprint density at radius 1 is 0.923 bits per heavy atom. The van der Waals surface area contributed by atoms with Crippen molar-refractivity contribution in [2.24, 2.45) is 5.92 Å². The van der Waals surface area contributed by atoms with Crippen molar-refractivity contribution in [3.05, 3.63) is 59.7 Å². The molecule has 1 aliphatic rings. The van der Waals surface area contributed by atoms with Crippen LogP contribution in [-0.4, -0.2) is 12.6 Å². The fourth-order valence-electron chi connectivity index (χ4n) is 3.47. The molecule has 0 saturated heterocycles. The van der Waals surface area contributed by atoms with Gasteiger partial charge in [0.05, 0.1) is 12.2 Å². The van der Waals surface area contributed by atoms with Crippen molar-refractivity contribution in [1.82, 2.24) is 0 Å². The van der Waals surface area contributed by atoms with Crippen molar-refractivity contribution in [3.63, 3.8) is 0 Å². The lowest BCUT2D eigenvalue weighted by Crippen LogP contribution is -2.12. The minimum absolute atomic E-state index is 0.323. The Labute approximate surface area is 156 Å². The lowest BCUT2D eigenvalue weighted by molar-refractivity contribution is 0.0734. The highest BCUT2D eigenvalue weighted by Gasteiger charge is 2.20. The highest BCUT2D eigenvalue weighted by Crippen LogP contribution is 2.35. The van der Waals surface area contributed by atoms with E-state index in [1.807, 2.05) is 24.3 Å². The van der Waals surface area contributed by atoms with Gasteiger partial charge < -0.3 is 9.47 Å². The summed E-state index contributed by atoms with van der Waals surface area (Å²) >= 11 is 0. The molecule has 2 aromatic rings. The lowest BCUT2D eigenvalue weighted by Gasteiger charge is -2.26. The number of carbonyl (C=O) groups is 1. The SMILES string of the molecule is CCCOc1ccc(OC(=O)c2ccc(C3CCC(C)CC3)cc2)cc1. The topological polar surface area (TPSA) is 35.5 Å². The van der Waals surface area contributed by atoms with E-state index in [9.17, 15) is 4.79 Å². The predicted octanol–water partition coefficient (Wildman–Crippen LogP) is 5.99. The summed E-state index contributed by atoms with van der Waals surface area (Å²) in [6.07, 6.45) is 6.06. The second kappa shape index (κ2) is 8.88. The number of hydrogen-bond acceptors (Lipinski definition) is 3. The number of rotatable bonds is 6. The summed E-state index contributed by atoms with van der Waals surface area (Å²) in [5, 5.41) is 0. The van der Waals surface area contributed by atoms with Crippen molar-refractivity contribution >= 4 is 5.97 Å². The quantitative estimate of drug-likeness (QED) is 0.473. The summed E-state index contributed by atoms with van der Waals surface area (Å²) in [6, 6.07) is 15.1. The van der Waals surface area contributed by atoms with Crippen LogP contribution in [0.4, 0.5) is 0 Å². The van der Waals surface area contributed by atoms with Gasteiger partial charge >= 0.3 is 5.97 Å². The number of esters is 1. The molecule has 0 aromatic heterocycles. The third-order valence-electron chi connectivity index (χ3n) is 5.14. The van der Waals surface area contributed by atoms with Crippen molar-refractivity contribution in [1.29, 1.82) is 0 Å². The minimum Gasteiger partial charge on any atom is -0.494 e. The molecule has 0 amide bonds. The Balaban J connectivity index is 1.57. The van der Waals surface area contributed by atoms with Crippen molar-refractivity contribution in [2.45, 2.75) is 51.9 Å². The molecule has 0 atom stereocenters. The average Bonchev–Trinajstić information content (AvgIpc) is 2.68. The van der Waals surface area contributed by atoms with Gasteiger partial charge in [0, 0.05) is 0 Å². The molecule has 0 N–H and O–H groups in total. The van der Waals surface area contributed by atoms with Crippen LogP contribution < -0.4 is 9.47 Å². The molecule has 1 saturated carbocycles. The van der Waals surface area contributed by atoms with Gasteiger partial charge in [0.1, 0.15) is 11.5 Å². The van der Waals surface area contributed by atoms with E-state index in [4.69, 9.17) is 9.47 Å². The second-order valence-electron chi connectivity index (χ2n) is 7.29. The van der Waals surface area contributed by atoms with Crippen molar-refractivity contribution < 1.29 is 14.3 Å². The predicted molar refractivity (Wildman–Crippen MR) is 104 cm³/mol. The van der Waals surface area contributed by atoms with Gasteiger partial charge in [-0.05, 0) is 73.1 Å². The summed E-state index contributed by atoms with van der Waals surface area (Å²) in [5.74, 6) is 2.48. The monoisotopic (exact) mass is 352 g/mol. The Kier molecular flexibility index (Phi) is 6.32. The first-order valence-electron chi connectivity index (χ1n) is 9.70. The zero-order chi connectivity index (χ0) is 18.4. The third kappa shape index (κ3) is 4.87. The molecule has 0 unspecified atom stereocenters. The van der Waals surface area contributed by atoms with Gasteiger partial charge in [-0.1, -0.05) is 38.8 Å². The van der Waals surface area contributed by atoms with Crippen LogP contribution in [0.1, 0.15) is 67.8 Å². The molecule has 0 radical (unpaired) electrons. The van der Waals surface area contributed by atoms with Crippen LogP contribution in [0.2, 0.25) is 0 Å². The summed E-state index contributed by atoms with van der Waals surface area (Å²) in [4.78, 5) is 12.3.